The third-order valence-corrected chi connectivity index (χ3v) is 3.54. The molecule has 1 atom stereocenters. The molecule has 1 aromatic heterocycles. The van der Waals surface area contributed by atoms with Gasteiger partial charge in [-0.2, -0.15) is 4.98 Å². The molecule has 0 bridgehead atoms. The summed E-state index contributed by atoms with van der Waals surface area (Å²) in [6.07, 6.45) is 5.86. The number of likely N-dealkylation sites (tertiary alicyclic amines) is 1. The quantitative estimate of drug-likeness (QED) is 0.850. The van der Waals surface area contributed by atoms with Crippen LogP contribution in [0.25, 0.3) is 0 Å². The van der Waals surface area contributed by atoms with Crippen molar-refractivity contribution in [2.24, 2.45) is 5.92 Å². The van der Waals surface area contributed by atoms with Gasteiger partial charge < -0.3 is 10.6 Å². The Morgan fingerprint density at radius 2 is 2.33 bits per heavy atom. The van der Waals surface area contributed by atoms with Gasteiger partial charge in [-0.25, -0.2) is 0 Å². The molecule has 0 radical (unpaired) electrons. The lowest BCUT2D eigenvalue weighted by Gasteiger charge is -2.19. The van der Waals surface area contributed by atoms with Crippen LogP contribution >= 0.6 is 0 Å². The van der Waals surface area contributed by atoms with Gasteiger partial charge in [-0.05, 0) is 25.2 Å². The molecule has 0 aromatic carbocycles. The van der Waals surface area contributed by atoms with Crippen LogP contribution in [0.2, 0.25) is 0 Å². The van der Waals surface area contributed by atoms with Crippen LogP contribution in [0.5, 0.6) is 0 Å². The van der Waals surface area contributed by atoms with Crippen LogP contribution in [0.3, 0.4) is 0 Å². The van der Waals surface area contributed by atoms with Crippen molar-refractivity contribution in [3.8, 4) is 0 Å². The van der Waals surface area contributed by atoms with Crippen molar-refractivity contribution < 1.29 is 4.79 Å². The maximum absolute atomic E-state index is 12.2. The Balaban J connectivity index is 1.95. The lowest BCUT2D eigenvalue weighted by molar-refractivity contribution is 0.0748. The zero-order chi connectivity index (χ0) is 13.0. The number of nitrogen functional groups attached to an aromatic ring is 1. The smallest absolute Gasteiger partial charge is 0.291 e. The number of nitrogens with one attached hydrogen (secondary N) is 1. The molecule has 1 amide bonds. The molecule has 0 aliphatic carbocycles. The normalized spacial score (nSPS) is 20.7. The van der Waals surface area contributed by atoms with Crippen molar-refractivity contribution >= 4 is 11.9 Å². The van der Waals surface area contributed by atoms with Crippen LogP contribution in [0.1, 0.15) is 49.6 Å². The number of nitrogens with two attached hydrogens (primary N) is 1. The molecular formula is C12H21N5O. The van der Waals surface area contributed by atoms with E-state index in [-0.39, 0.29) is 17.7 Å². The molecule has 6 heteroatoms. The fourth-order valence-corrected chi connectivity index (χ4v) is 2.59. The summed E-state index contributed by atoms with van der Waals surface area (Å²) in [6, 6.07) is 0. The van der Waals surface area contributed by atoms with Gasteiger partial charge in [-0.15, -0.1) is 5.10 Å². The van der Waals surface area contributed by atoms with Crippen molar-refractivity contribution in [3.63, 3.8) is 0 Å². The first-order valence-corrected chi connectivity index (χ1v) is 6.68. The second kappa shape index (κ2) is 5.84. The van der Waals surface area contributed by atoms with Gasteiger partial charge in [0.15, 0.2) is 0 Å². The first-order valence-electron chi connectivity index (χ1n) is 6.68. The second-order valence-electron chi connectivity index (χ2n) is 4.92. The topological polar surface area (TPSA) is 87.9 Å². The zero-order valence-electron chi connectivity index (χ0n) is 10.9. The molecule has 2 rings (SSSR count). The summed E-state index contributed by atoms with van der Waals surface area (Å²) in [5.74, 6) is 1.04. The second-order valence-corrected chi connectivity index (χ2v) is 4.92. The molecule has 1 unspecified atom stereocenters. The standard InChI is InChI=1S/C12H21N5O/c1-2-4-9-5-3-7-17(8-6-9)11(18)10-14-12(13)16-15-10/h9H,2-8H2,1H3,(H3,13,14,15,16). The highest BCUT2D eigenvalue weighted by atomic mass is 16.2. The van der Waals surface area contributed by atoms with Crippen LogP contribution in [0.4, 0.5) is 5.95 Å². The highest BCUT2D eigenvalue weighted by Crippen LogP contribution is 2.22. The van der Waals surface area contributed by atoms with E-state index in [0.717, 1.165) is 31.8 Å². The van der Waals surface area contributed by atoms with Gasteiger partial charge in [-0.1, -0.05) is 19.8 Å². The van der Waals surface area contributed by atoms with Crippen LogP contribution in [-0.4, -0.2) is 39.1 Å². The summed E-state index contributed by atoms with van der Waals surface area (Å²) >= 11 is 0. The van der Waals surface area contributed by atoms with Gasteiger partial charge in [0, 0.05) is 13.1 Å². The predicted molar refractivity (Wildman–Crippen MR) is 68.9 cm³/mol. The molecule has 0 spiro atoms. The minimum atomic E-state index is -0.0867. The van der Waals surface area contributed by atoms with E-state index < -0.39 is 0 Å². The van der Waals surface area contributed by atoms with E-state index in [4.69, 9.17) is 5.73 Å². The van der Waals surface area contributed by atoms with E-state index in [9.17, 15) is 4.79 Å². The number of hydrogen-bond acceptors (Lipinski definition) is 4. The van der Waals surface area contributed by atoms with Crippen molar-refractivity contribution in [1.29, 1.82) is 0 Å². The van der Waals surface area contributed by atoms with Crippen LogP contribution in [-0.2, 0) is 0 Å². The Bertz CT molecular complexity index is 403. The average molecular weight is 251 g/mol. The summed E-state index contributed by atoms with van der Waals surface area (Å²) in [4.78, 5) is 17.9. The molecule has 100 valence electrons. The van der Waals surface area contributed by atoms with Gasteiger partial charge in [0.25, 0.3) is 5.91 Å². The maximum atomic E-state index is 12.2. The van der Waals surface area contributed by atoms with Gasteiger partial charge in [0.1, 0.15) is 0 Å². The molecule has 1 saturated heterocycles. The highest BCUT2D eigenvalue weighted by molar-refractivity contribution is 5.90. The minimum Gasteiger partial charge on any atom is -0.366 e. The molecule has 2 heterocycles. The van der Waals surface area contributed by atoms with Crippen LogP contribution in [0.15, 0.2) is 0 Å². The number of rotatable bonds is 3. The number of nitrogens with zero attached hydrogens (tertiary/aromatic N) is 3. The summed E-state index contributed by atoms with van der Waals surface area (Å²) < 4.78 is 0. The Morgan fingerprint density at radius 1 is 1.50 bits per heavy atom. The first kappa shape index (κ1) is 12.9. The largest absolute Gasteiger partial charge is 0.366 e. The number of aromatic nitrogens is 3. The van der Waals surface area contributed by atoms with Crippen LogP contribution < -0.4 is 5.73 Å². The van der Waals surface area contributed by atoms with Gasteiger partial charge in [0.05, 0.1) is 0 Å². The fraction of sp³-hybridized carbons (Fsp3) is 0.750. The van der Waals surface area contributed by atoms with Crippen LogP contribution in [0, 0.1) is 5.92 Å². The number of anilines is 1. The van der Waals surface area contributed by atoms with E-state index in [1.807, 2.05) is 4.90 Å². The third kappa shape index (κ3) is 3.00. The molecule has 1 aliphatic heterocycles. The fourth-order valence-electron chi connectivity index (χ4n) is 2.59. The van der Waals surface area contributed by atoms with Gasteiger partial charge >= 0.3 is 0 Å². The Hall–Kier alpha value is -1.59. The average Bonchev–Trinajstić information content (AvgIpc) is 2.65. The van der Waals surface area contributed by atoms with E-state index in [1.165, 1.54) is 19.3 Å². The molecule has 3 N–H and O–H groups in total. The summed E-state index contributed by atoms with van der Waals surface area (Å²) in [6.45, 7) is 3.83. The van der Waals surface area contributed by atoms with E-state index in [0.29, 0.717) is 0 Å². The third-order valence-electron chi connectivity index (χ3n) is 3.54. The van der Waals surface area contributed by atoms with Crippen molar-refractivity contribution in [3.05, 3.63) is 5.82 Å². The number of amides is 1. The number of H-pyrrole nitrogens is 1. The number of carbonyl (C=O) groups excluding carboxylic acids is 1. The van der Waals surface area contributed by atoms with E-state index in [1.54, 1.807) is 0 Å². The first-order chi connectivity index (χ1) is 8.70. The molecule has 1 aromatic rings. The zero-order valence-corrected chi connectivity index (χ0v) is 10.9. The lowest BCUT2D eigenvalue weighted by Crippen LogP contribution is -2.32. The Kier molecular flexibility index (Phi) is 4.17. The van der Waals surface area contributed by atoms with E-state index in [2.05, 4.69) is 22.1 Å². The summed E-state index contributed by atoms with van der Waals surface area (Å²) in [5, 5.41) is 6.28. The number of hydrogen-bond donors (Lipinski definition) is 2. The highest BCUT2D eigenvalue weighted by Gasteiger charge is 2.23. The Labute approximate surface area is 107 Å². The molecule has 6 nitrogen and oxygen atoms in total. The number of carbonyl (C=O) groups is 1. The Morgan fingerprint density at radius 3 is 3.00 bits per heavy atom. The van der Waals surface area contributed by atoms with E-state index >= 15 is 0 Å². The lowest BCUT2D eigenvalue weighted by atomic mass is 9.96. The SMILES string of the molecule is CCCC1CCCN(C(=O)c2nc(N)n[nH]2)CC1. The van der Waals surface area contributed by atoms with Gasteiger partial charge in [0.2, 0.25) is 11.8 Å². The van der Waals surface area contributed by atoms with Gasteiger partial charge in [-0.3, -0.25) is 9.89 Å². The maximum Gasteiger partial charge on any atom is 0.291 e. The molecular weight excluding hydrogens is 230 g/mol. The van der Waals surface area contributed by atoms with Crippen molar-refractivity contribution in [2.75, 3.05) is 18.8 Å². The molecule has 18 heavy (non-hydrogen) atoms. The molecule has 1 aliphatic rings. The monoisotopic (exact) mass is 251 g/mol. The molecule has 0 saturated carbocycles. The summed E-state index contributed by atoms with van der Waals surface area (Å²) in [7, 11) is 0. The van der Waals surface area contributed by atoms with Crippen molar-refractivity contribution in [1.82, 2.24) is 20.1 Å². The number of aromatic amines is 1. The molecule has 1 fully saturated rings. The predicted octanol–water partition coefficient (Wildman–Crippen LogP) is 1.43. The van der Waals surface area contributed by atoms with Crippen molar-refractivity contribution in [2.45, 2.75) is 39.0 Å². The minimum absolute atomic E-state index is 0.0867. The summed E-state index contributed by atoms with van der Waals surface area (Å²) in [5.41, 5.74) is 5.41.